The molecular weight excluding hydrogens is 302 g/mol. The summed E-state index contributed by atoms with van der Waals surface area (Å²) in [7, 11) is 0. The predicted molar refractivity (Wildman–Crippen MR) is 82.4 cm³/mol. The lowest BCUT2D eigenvalue weighted by molar-refractivity contribution is 0.304. The van der Waals surface area contributed by atoms with Crippen LogP contribution < -0.4 is 10.5 Å². The predicted octanol–water partition coefficient (Wildman–Crippen LogP) is 3.84. The normalized spacial score (nSPS) is 10.5. The Morgan fingerprint density at radius 2 is 1.74 bits per heavy atom. The molecule has 0 unspecified atom stereocenters. The lowest BCUT2D eigenvalue weighted by Gasteiger charge is -2.09. The highest BCUT2D eigenvalue weighted by Gasteiger charge is 2.02. The van der Waals surface area contributed by atoms with Crippen molar-refractivity contribution in [1.29, 1.82) is 0 Å². The molecular formula is C16H18BrNO. The SMILES string of the molecule is Cc1ccc(OCc2ccc(CCN)cc2)c(Br)c1. The van der Waals surface area contributed by atoms with E-state index in [1.54, 1.807) is 0 Å². The Balaban J connectivity index is 1.98. The van der Waals surface area contributed by atoms with E-state index in [1.807, 2.05) is 12.1 Å². The highest BCUT2D eigenvalue weighted by atomic mass is 79.9. The summed E-state index contributed by atoms with van der Waals surface area (Å²) in [6.45, 7) is 3.32. The number of nitrogens with two attached hydrogens (primary N) is 1. The van der Waals surface area contributed by atoms with Crippen molar-refractivity contribution >= 4 is 15.9 Å². The topological polar surface area (TPSA) is 35.2 Å². The minimum atomic E-state index is 0.574. The van der Waals surface area contributed by atoms with Crippen molar-refractivity contribution in [3.8, 4) is 5.75 Å². The Morgan fingerprint density at radius 1 is 1.05 bits per heavy atom. The molecule has 0 heterocycles. The quantitative estimate of drug-likeness (QED) is 0.908. The zero-order valence-electron chi connectivity index (χ0n) is 11.0. The highest BCUT2D eigenvalue weighted by Crippen LogP contribution is 2.26. The standard InChI is InChI=1S/C16H18BrNO/c1-12-2-7-16(15(17)10-12)19-11-14-5-3-13(4-6-14)8-9-18/h2-7,10H,8-9,11,18H2,1H3. The van der Waals surface area contributed by atoms with Crippen LogP contribution in [0.4, 0.5) is 0 Å². The van der Waals surface area contributed by atoms with Gasteiger partial charge in [-0.25, -0.2) is 0 Å². The van der Waals surface area contributed by atoms with Crippen LogP contribution in [0.25, 0.3) is 0 Å². The van der Waals surface area contributed by atoms with E-state index in [0.29, 0.717) is 13.2 Å². The second-order valence-corrected chi connectivity index (χ2v) is 5.43. The number of rotatable bonds is 5. The summed E-state index contributed by atoms with van der Waals surface area (Å²) in [6.07, 6.45) is 0.921. The largest absolute Gasteiger partial charge is 0.488 e. The van der Waals surface area contributed by atoms with Gasteiger partial charge in [0, 0.05) is 0 Å². The molecule has 19 heavy (non-hydrogen) atoms. The second-order valence-electron chi connectivity index (χ2n) is 4.58. The molecule has 2 aromatic carbocycles. The molecule has 0 fully saturated rings. The lowest BCUT2D eigenvalue weighted by atomic mass is 10.1. The van der Waals surface area contributed by atoms with Crippen molar-refractivity contribution in [2.75, 3.05) is 6.54 Å². The highest BCUT2D eigenvalue weighted by molar-refractivity contribution is 9.10. The van der Waals surface area contributed by atoms with Crippen molar-refractivity contribution in [3.05, 3.63) is 63.6 Å². The minimum Gasteiger partial charge on any atom is -0.488 e. The number of halogens is 1. The monoisotopic (exact) mass is 319 g/mol. The van der Waals surface area contributed by atoms with Crippen molar-refractivity contribution in [3.63, 3.8) is 0 Å². The minimum absolute atomic E-state index is 0.574. The Hall–Kier alpha value is -1.32. The average Bonchev–Trinajstić information content (AvgIpc) is 2.40. The summed E-state index contributed by atoms with van der Waals surface area (Å²) in [6, 6.07) is 14.5. The molecule has 0 bridgehead atoms. The summed E-state index contributed by atoms with van der Waals surface area (Å²) < 4.78 is 6.80. The first kappa shape index (κ1) is 14.1. The fraction of sp³-hybridized carbons (Fsp3) is 0.250. The molecule has 2 aromatic rings. The molecule has 0 aliphatic carbocycles. The van der Waals surface area contributed by atoms with E-state index >= 15 is 0 Å². The van der Waals surface area contributed by atoms with Crippen LogP contribution in [0, 0.1) is 6.92 Å². The smallest absolute Gasteiger partial charge is 0.134 e. The number of ether oxygens (including phenoxy) is 1. The molecule has 0 spiro atoms. The molecule has 100 valence electrons. The van der Waals surface area contributed by atoms with E-state index in [1.165, 1.54) is 11.1 Å². The summed E-state index contributed by atoms with van der Waals surface area (Å²) in [5.41, 5.74) is 9.17. The maximum Gasteiger partial charge on any atom is 0.134 e. The molecule has 0 amide bonds. The van der Waals surface area contributed by atoms with Crippen LogP contribution in [0.1, 0.15) is 16.7 Å². The Labute approximate surface area is 122 Å². The van der Waals surface area contributed by atoms with Gasteiger partial charge in [-0.15, -0.1) is 0 Å². The number of benzene rings is 2. The molecule has 0 aromatic heterocycles. The van der Waals surface area contributed by atoms with E-state index in [9.17, 15) is 0 Å². The van der Waals surface area contributed by atoms with Crippen LogP contribution in [0.2, 0.25) is 0 Å². The molecule has 2 N–H and O–H groups in total. The number of hydrogen-bond acceptors (Lipinski definition) is 2. The molecule has 2 nitrogen and oxygen atoms in total. The Bertz CT molecular complexity index is 537. The van der Waals surface area contributed by atoms with Gasteiger partial charge in [-0.1, -0.05) is 30.3 Å². The first-order valence-electron chi connectivity index (χ1n) is 6.36. The van der Waals surface area contributed by atoms with Gasteiger partial charge in [0.05, 0.1) is 4.47 Å². The molecule has 0 aliphatic rings. The van der Waals surface area contributed by atoms with Gasteiger partial charge in [0.1, 0.15) is 12.4 Å². The van der Waals surface area contributed by atoms with Gasteiger partial charge in [0.15, 0.2) is 0 Å². The molecule has 0 radical (unpaired) electrons. The Kier molecular flexibility index (Phi) is 5.00. The molecule has 0 saturated heterocycles. The first-order valence-corrected chi connectivity index (χ1v) is 7.15. The van der Waals surface area contributed by atoms with Crippen LogP contribution in [0.3, 0.4) is 0 Å². The van der Waals surface area contributed by atoms with E-state index < -0.39 is 0 Å². The average molecular weight is 320 g/mol. The fourth-order valence-corrected chi connectivity index (χ4v) is 2.46. The third kappa shape index (κ3) is 4.08. The second kappa shape index (κ2) is 6.73. The van der Waals surface area contributed by atoms with E-state index in [-0.39, 0.29) is 0 Å². The summed E-state index contributed by atoms with van der Waals surface area (Å²) >= 11 is 3.51. The van der Waals surface area contributed by atoms with Crippen LogP contribution >= 0.6 is 15.9 Å². The van der Waals surface area contributed by atoms with Crippen molar-refractivity contribution in [2.24, 2.45) is 5.73 Å². The first-order chi connectivity index (χ1) is 9.19. The van der Waals surface area contributed by atoms with Crippen LogP contribution in [-0.4, -0.2) is 6.54 Å². The molecule has 0 atom stereocenters. The maximum absolute atomic E-state index is 5.81. The molecule has 0 saturated carbocycles. The van der Waals surface area contributed by atoms with Crippen molar-refractivity contribution < 1.29 is 4.74 Å². The van der Waals surface area contributed by atoms with Crippen molar-refractivity contribution in [1.82, 2.24) is 0 Å². The van der Waals surface area contributed by atoms with Crippen LogP contribution in [-0.2, 0) is 13.0 Å². The molecule has 2 rings (SSSR count). The summed E-state index contributed by atoms with van der Waals surface area (Å²) in [5.74, 6) is 0.872. The molecule has 3 heteroatoms. The lowest BCUT2D eigenvalue weighted by Crippen LogP contribution is -2.03. The van der Waals surface area contributed by atoms with Gasteiger partial charge in [-0.2, -0.15) is 0 Å². The maximum atomic E-state index is 5.81. The zero-order valence-corrected chi connectivity index (χ0v) is 12.6. The van der Waals surface area contributed by atoms with Gasteiger partial charge in [0.25, 0.3) is 0 Å². The van der Waals surface area contributed by atoms with E-state index in [4.69, 9.17) is 10.5 Å². The van der Waals surface area contributed by atoms with Gasteiger partial charge in [-0.05, 0) is 64.6 Å². The van der Waals surface area contributed by atoms with Gasteiger partial charge in [-0.3, -0.25) is 0 Å². The van der Waals surface area contributed by atoms with Crippen molar-refractivity contribution in [2.45, 2.75) is 20.0 Å². The zero-order chi connectivity index (χ0) is 13.7. The van der Waals surface area contributed by atoms with Gasteiger partial charge >= 0.3 is 0 Å². The summed E-state index contributed by atoms with van der Waals surface area (Å²) in [5, 5.41) is 0. The third-order valence-electron chi connectivity index (χ3n) is 2.94. The van der Waals surface area contributed by atoms with Crippen LogP contribution in [0.5, 0.6) is 5.75 Å². The van der Waals surface area contributed by atoms with E-state index in [0.717, 1.165) is 22.2 Å². The summed E-state index contributed by atoms with van der Waals surface area (Å²) in [4.78, 5) is 0. The third-order valence-corrected chi connectivity index (χ3v) is 3.56. The Morgan fingerprint density at radius 3 is 2.37 bits per heavy atom. The number of hydrogen-bond donors (Lipinski definition) is 1. The van der Waals surface area contributed by atoms with E-state index in [2.05, 4.69) is 53.2 Å². The fourth-order valence-electron chi connectivity index (χ4n) is 1.85. The van der Waals surface area contributed by atoms with Crippen LogP contribution in [0.15, 0.2) is 46.9 Å². The van der Waals surface area contributed by atoms with Gasteiger partial charge < -0.3 is 10.5 Å². The molecule has 0 aliphatic heterocycles. The number of aryl methyl sites for hydroxylation is 1. The van der Waals surface area contributed by atoms with Gasteiger partial charge in [0.2, 0.25) is 0 Å².